The Labute approximate surface area is 201 Å². The minimum Gasteiger partial charge on any atom is -0.378 e. The number of rotatable bonds is 3. The standard InChI is InChI=1S/C24H26ClN5O2S/c1-2-19-27-28-20-13-26-22(15-5-3-4-6-17(15)25)21-16-11-14(12-18(16)33-24(21)30(19)20)23(31)29-7-9-32-10-8-29/h3-6,14,22,26H,2,7-13H2,1H3/t14-,22+/m1/s1. The predicted molar refractivity (Wildman–Crippen MR) is 127 cm³/mol. The largest absolute Gasteiger partial charge is 0.378 e. The molecule has 2 atom stereocenters. The van der Waals surface area contributed by atoms with E-state index in [0.717, 1.165) is 41.5 Å². The van der Waals surface area contributed by atoms with Crippen molar-refractivity contribution in [2.45, 2.75) is 38.8 Å². The number of halogens is 1. The lowest BCUT2D eigenvalue weighted by atomic mass is 9.94. The second kappa shape index (κ2) is 8.51. The zero-order valence-electron chi connectivity index (χ0n) is 18.5. The predicted octanol–water partition coefficient (Wildman–Crippen LogP) is 3.31. The fourth-order valence-corrected chi connectivity index (χ4v) is 7.06. The Hall–Kier alpha value is -2.26. The number of aryl methyl sites for hydroxylation is 1. The van der Waals surface area contributed by atoms with Crippen molar-refractivity contribution >= 4 is 28.8 Å². The van der Waals surface area contributed by atoms with E-state index in [1.165, 1.54) is 21.0 Å². The topological polar surface area (TPSA) is 72.3 Å². The second-order valence-electron chi connectivity index (χ2n) is 8.82. The minimum atomic E-state index is -0.0580. The van der Waals surface area contributed by atoms with Gasteiger partial charge in [0.1, 0.15) is 10.8 Å². The van der Waals surface area contributed by atoms with Crippen LogP contribution in [0.2, 0.25) is 5.02 Å². The summed E-state index contributed by atoms with van der Waals surface area (Å²) in [6.07, 6.45) is 2.36. The number of carbonyl (C=O) groups excluding carboxylic acids is 1. The average molecular weight is 484 g/mol. The molecule has 1 fully saturated rings. The summed E-state index contributed by atoms with van der Waals surface area (Å²) in [7, 11) is 0. The molecule has 0 spiro atoms. The third-order valence-corrected chi connectivity index (χ3v) is 8.55. The molecule has 2 aromatic heterocycles. The van der Waals surface area contributed by atoms with E-state index in [0.29, 0.717) is 32.8 Å². The van der Waals surface area contributed by atoms with Gasteiger partial charge in [-0.2, -0.15) is 0 Å². The molecule has 1 saturated heterocycles. The van der Waals surface area contributed by atoms with Crippen molar-refractivity contribution in [3.63, 3.8) is 0 Å². The van der Waals surface area contributed by atoms with Crippen LogP contribution in [0.25, 0.3) is 5.00 Å². The van der Waals surface area contributed by atoms with Crippen molar-refractivity contribution in [1.29, 1.82) is 0 Å². The molecule has 2 aliphatic heterocycles. The van der Waals surface area contributed by atoms with Crippen molar-refractivity contribution in [3.8, 4) is 5.00 Å². The van der Waals surface area contributed by atoms with Crippen LogP contribution < -0.4 is 5.32 Å². The summed E-state index contributed by atoms with van der Waals surface area (Å²) in [4.78, 5) is 16.6. The third kappa shape index (κ3) is 3.51. The first kappa shape index (κ1) is 21.3. The zero-order chi connectivity index (χ0) is 22.5. The number of hydrogen-bond donors (Lipinski definition) is 1. The SMILES string of the molecule is CCc1nnc2n1-c1sc3c(c1[C@H](c1ccccc1Cl)NC2)C[C@@H](C(=O)N1CCOCC1)C3. The summed E-state index contributed by atoms with van der Waals surface area (Å²) in [6.45, 7) is 5.35. The quantitative estimate of drug-likeness (QED) is 0.618. The van der Waals surface area contributed by atoms with Gasteiger partial charge in [-0.3, -0.25) is 14.7 Å². The van der Waals surface area contributed by atoms with E-state index < -0.39 is 0 Å². The summed E-state index contributed by atoms with van der Waals surface area (Å²) in [5.74, 6) is 2.14. The first-order valence-electron chi connectivity index (χ1n) is 11.6. The number of thiophene rings is 1. The molecule has 0 bridgehead atoms. The first-order chi connectivity index (χ1) is 16.2. The smallest absolute Gasteiger partial charge is 0.226 e. The van der Waals surface area contributed by atoms with Crippen molar-refractivity contribution < 1.29 is 9.53 Å². The van der Waals surface area contributed by atoms with E-state index in [1.54, 1.807) is 11.3 Å². The highest BCUT2D eigenvalue weighted by atomic mass is 35.5. The molecule has 33 heavy (non-hydrogen) atoms. The molecule has 4 heterocycles. The van der Waals surface area contributed by atoms with Crippen molar-refractivity contribution in [2.24, 2.45) is 5.92 Å². The molecule has 3 aromatic rings. The summed E-state index contributed by atoms with van der Waals surface area (Å²) >= 11 is 8.47. The van der Waals surface area contributed by atoms with Crippen molar-refractivity contribution in [2.75, 3.05) is 26.3 Å². The van der Waals surface area contributed by atoms with Crippen LogP contribution in [0, 0.1) is 5.92 Å². The fourth-order valence-electron chi connectivity index (χ4n) is 5.33. The first-order valence-corrected chi connectivity index (χ1v) is 12.8. The Morgan fingerprint density at radius 1 is 1.24 bits per heavy atom. The summed E-state index contributed by atoms with van der Waals surface area (Å²) < 4.78 is 7.67. The molecule has 7 nitrogen and oxygen atoms in total. The van der Waals surface area contributed by atoms with Gasteiger partial charge in [0.15, 0.2) is 5.82 Å². The summed E-state index contributed by atoms with van der Waals surface area (Å²) in [6, 6.07) is 7.97. The molecule has 1 aromatic carbocycles. The number of nitrogens with zero attached hydrogens (tertiary/aromatic N) is 4. The van der Waals surface area contributed by atoms with Crippen LogP contribution in [0.4, 0.5) is 0 Å². The lowest BCUT2D eigenvalue weighted by molar-refractivity contribution is -0.139. The normalized spacial score (nSPS) is 21.9. The second-order valence-corrected chi connectivity index (χ2v) is 10.3. The van der Waals surface area contributed by atoms with Crippen molar-refractivity contribution in [1.82, 2.24) is 25.0 Å². The molecule has 0 unspecified atom stereocenters. The number of carbonyl (C=O) groups is 1. The van der Waals surface area contributed by atoms with E-state index in [9.17, 15) is 4.79 Å². The van der Waals surface area contributed by atoms with Crippen LogP contribution in [0.1, 0.15) is 46.2 Å². The Bertz CT molecular complexity index is 1220. The maximum atomic E-state index is 13.3. The van der Waals surface area contributed by atoms with Gasteiger partial charge in [0.25, 0.3) is 0 Å². The molecule has 0 radical (unpaired) electrons. The Morgan fingerprint density at radius 2 is 2.06 bits per heavy atom. The van der Waals surface area contributed by atoms with Gasteiger partial charge in [0.2, 0.25) is 5.91 Å². The molecule has 9 heteroatoms. The highest BCUT2D eigenvalue weighted by molar-refractivity contribution is 7.15. The van der Waals surface area contributed by atoms with Crippen LogP contribution in [-0.2, 0) is 35.3 Å². The Morgan fingerprint density at radius 3 is 2.85 bits per heavy atom. The Kier molecular flexibility index (Phi) is 5.49. The average Bonchev–Trinajstić information content (AvgIpc) is 3.50. The van der Waals surface area contributed by atoms with Crippen LogP contribution in [0.15, 0.2) is 24.3 Å². The van der Waals surface area contributed by atoms with Gasteiger partial charge >= 0.3 is 0 Å². The maximum Gasteiger partial charge on any atom is 0.226 e. The fraction of sp³-hybridized carbons (Fsp3) is 0.458. The third-order valence-electron chi connectivity index (χ3n) is 6.95. The molecule has 6 rings (SSSR count). The number of hydrogen-bond acceptors (Lipinski definition) is 6. The number of nitrogens with one attached hydrogen (secondary N) is 1. The zero-order valence-corrected chi connectivity index (χ0v) is 20.1. The summed E-state index contributed by atoms with van der Waals surface area (Å²) in [5.41, 5.74) is 3.58. The molecule has 3 aliphatic rings. The van der Waals surface area contributed by atoms with E-state index in [2.05, 4.69) is 33.1 Å². The van der Waals surface area contributed by atoms with Crippen molar-refractivity contribution in [3.05, 3.63) is 62.5 Å². The van der Waals surface area contributed by atoms with E-state index in [-0.39, 0.29) is 17.9 Å². The highest BCUT2D eigenvalue weighted by Crippen LogP contribution is 2.47. The van der Waals surface area contributed by atoms with E-state index >= 15 is 0 Å². The lowest BCUT2D eigenvalue weighted by Gasteiger charge is -2.29. The highest BCUT2D eigenvalue weighted by Gasteiger charge is 2.39. The summed E-state index contributed by atoms with van der Waals surface area (Å²) in [5, 5.41) is 14.5. The number of amides is 1. The Balaban J connectivity index is 1.44. The maximum absolute atomic E-state index is 13.3. The van der Waals surface area contributed by atoms with Gasteiger partial charge in [-0.25, -0.2) is 0 Å². The van der Waals surface area contributed by atoms with Gasteiger partial charge in [0.05, 0.1) is 25.8 Å². The van der Waals surface area contributed by atoms with Gasteiger partial charge < -0.3 is 9.64 Å². The van der Waals surface area contributed by atoms with Gasteiger partial charge in [0, 0.05) is 40.9 Å². The number of morpholine rings is 1. The molecule has 1 amide bonds. The molecular weight excluding hydrogens is 458 g/mol. The molecular formula is C24H26ClN5O2S. The van der Waals surface area contributed by atoms with Crippen LogP contribution in [-0.4, -0.2) is 51.9 Å². The van der Waals surface area contributed by atoms with E-state index in [4.69, 9.17) is 16.3 Å². The van der Waals surface area contributed by atoms with E-state index in [1.807, 2.05) is 23.1 Å². The van der Waals surface area contributed by atoms with Crippen LogP contribution in [0.5, 0.6) is 0 Å². The number of benzene rings is 1. The molecule has 1 aliphatic carbocycles. The van der Waals surface area contributed by atoms with Gasteiger partial charge in [-0.05, 0) is 30.0 Å². The minimum absolute atomic E-state index is 0.00386. The van der Waals surface area contributed by atoms with Gasteiger partial charge in [-0.1, -0.05) is 36.7 Å². The van der Waals surface area contributed by atoms with Crippen LogP contribution in [0.3, 0.4) is 0 Å². The van der Waals surface area contributed by atoms with Crippen LogP contribution >= 0.6 is 22.9 Å². The lowest BCUT2D eigenvalue weighted by Crippen LogP contribution is -2.44. The van der Waals surface area contributed by atoms with Gasteiger partial charge in [-0.15, -0.1) is 21.5 Å². The number of aromatic nitrogens is 3. The monoisotopic (exact) mass is 483 g/mol. The molecule has 1 N–H and O–H groups in total. The number of ether oxygens (including phenoxy) is 1. The molecule has 0 saturated carbocycles. The number of fused-ring (bicyclic) bond motifs is 5. The molecule has 172 valence electrons.